The first-order valence-electron chi connectivity index (χ1n) is 6.30. The lowest BCUT2D eigenvalue weighted by Gasteiger charge is -2.09. The van der Waals surface area contributed by atoms with Crippen molar-refractivity contribution in [2.75, 3.05) is 5.32 Å². The predicted molar refractivity (Wildman–Crippen MR) is 74.3 cm³/mol. The lowest BCUT2D eigenvalue weighted by Crippen LogP contribution is -2.30. The maximum absolute atomic E-state index is 13.5. The van der Waals surface area contributed by atoms with Crippen molar-refractivity contribution in [3.8, 4) is 0 Å². The van der Waals surface area contributed by atoms with Crippen molar-refractivity contribution in [1.29, 1.82) is 0 Å². The summed E-state index contributed by atoms with van der Waals surface area (Å²) < 4.78 is 26.4. The van der Waals surface area contributed by atoms with Crippen LogP contribution < -0.4 is 10.6 Å². The van der Waals surface area contributed by atoms with E-state index < -0.39 is 11.6 Å². The largest absolute Gasteiger partial charge is 0.349 e. The van der Waals surface area contributed by atoms with Crippen LogP contribution in [0.4, 0.5) is 20.3 Å². The Morgan fingerprint density at radius 2 is 1.95 bits per heavy atom. The third kappa shape index (κ3) is 3.95. The molecule has 0 saturated carbocycles. The van der Waals surface area contributed by atoms with E-state index in [1.165, 1.54) is 18.5 Å². The van der Waals surface area contributed by atoms with Gasteiger partial charge in [-0.05, 0) is 26.0 Å². The molecule has 0 saturated heterocycles. The van der Waals surface area contributed by atoms with Gasteiger partial charge in [0, 0.05) is 18.2 Å². The summed E-state index contributed by atoms with van der Waals surface area (Å²) in [5.74, 6) is -1.53. The molecule has 0 aliphatic heterocycles. The number of halogens is 2. The van der Waals surface area contributed by atoms with Gasteiger partial charge in [0.15, 0.2) is 0 Å². The van der Waals surface area contributed by atoms with Crippen LogP contribution in [0, 0.1) is 11.6 Å². The van der Waals surface area contributed by atoms with Gasteiger partial charge in [-0.2, -0.15) is 0 Å². The van der Waals surface area contributed by atoms with Gasteiger partial charge in [0.05, 0.1) is 5.69 Å². The van der Waals surface area contributed by atoms with E-state index in [0.717, 1.165) is 12.1 Å². The molecule has 0 radical (unpaired) electrons. The Kier molecular flexibility index (Phi) is 4.42. The molecule has 7 heteroatoms. The summed E-state index contributed by atoms with van der Waals surface area (Å²) in [7, 11) is 0. The minimum absolute atomic E-state index is 0.0292. The van der Waals surface area contributed by atoms with Gasteiger partial charge in [0.25, 0.3) is 5.91 Å². The van der Waals surface area contributed by atoms with Gasteiger partial charge >= 0.3 is 0 Å². The third-order valence-corrected chi connectivity index (χ3v) is 2.51. The van der Waals surface area contributed by atoms with E-state index in [9.17, 15) is 13.6 Å². The Morgan fingerprint density at radius 3 is 2.62 bits per heavy atom. The Labute approximate surface area is 120 Å². The van der Waals surface area contributed by atoms with Gasteiger partial charge in [0.1, 0.15) is 29.5 Å². The van der Waals surface area contributed by atoms with Crippen molar-refractivity contribution in [1.82, 2.24) is 15.3 Å². The number of nitrogens with one attached hydrogen (secondary N) is 2. The fourth-order valence-corrected chi connectivity index (χ4v) is 1.61. The number of amides is 1. The summed E-state index contributed by atoms with van der Waals surface area (Å²) in [4.78, 5) is 19.6. The van der Waals surface area contributed by atoms with Crippen LogP contribution in [0.2, 0.25) is 0 Å². The minimum Gasteiger partial charge on any atom is -0.349 e. The molecule has 0 spiro atoms. The highest BCUT2D eigenvalue weighted by atomic mass is 19.1. The average molecular weight is 292 g/mol. The maximum Gasteiger partial charge on any atom is 0.270 e. The van der Waals surface area contributed by atoms with Gasteiger partial charge < -0.3 is 10.6 Å². The van der Waals surface area contributed by atoms with Gasteiger partial charge in [-0.1, -0.05) is 0 Å². The van der Waals surface area contributed by atoms with Gasteiger partial charge in [-0.3, -0.25) is 4.79 Å². The molecule has 1 amide bonds. The molecule has 5 nitrogen and oxygen atoms in total. The van der Waals surface area contributed by atoms with Crippen molar-refractivity contribution in [2.45, 2.75) is 19.9 Å². The van der Waals surface area contributed by atoms with E-state index in [4.69, 9.17) is 0 Å². The standard InChI is InChI=1S/C14H14F2N4O/c1-8(2)19-14(21)12-6-13(18-7-17-12)20-11-4-3-9(15)5-10(11)16/h3-8H,1-2H3,(H,19,21)(H,17,18,20). The van der Waals surface area contributed by atoms with Crippen LogP contribution in [0.15, 0.2) is 30.6 Å². The first-order chi connectivity index (χ1) is 9.95. The number of anilines is 2. The Hall–Kier alpha value is -2.57. The lowest BCUT2D eigenvalue weighted by atomic mass is 10.3. The average Bonchev–Trinajstić information content (AvgIpc) is 2.41. The summed E-state index contributed by atoms with van der Waals surface area (Å²) in [5.41, 5.74) is 0.217. The molecule has 0 atom stereocenters. The molecule has 21 heavy (non-hydrogen) atoms. The van der Waals surface area contributed by atoms with Gasteiger partial charge in [-0.25, -0.2) is 18.7 Å². The highest BCUT2D eigenvalue weighted by molar-refractivity contribution is 5.93. The van der Waals surface area contributed by atoms with Crippen molar-refractivity contribution >= 4 is 17.4 Å². The number of carbonyl (C=O) groups is 1. The van der Waals surface area contributed by atoms with Gasteiger partial charge in [0.2, 0.25) is 0 Å². The Bertz CT molecular complexity index is 661. The summed E-state index contributed by atoms with van der Waals surface area (Å²) in [5, 5.41) is 5.36. The number of rotatable bonds is 4. The molecule has 1 aromatic heterocycles. The molecule has 0 unspecified atom stereocenters. The number of benzene rings is 1. The number of carbonyl (C=O) groups excluding carboxylic acids is 1. The number of hydrogen-bond donors (Lipinski definition) is 2. The second kappa shape index (κ2) is 6.25. The summed E-state index contributed by atoms with van der Waals surface area (Å²) >= 11 is 0. The topological polar surface area (TPSA) is 66.9 Å². The molecular weight excluding hydrogens is 278 g/mol. The zero-order valence-corrected chi connectivity index (χ0v) is 11.5. The molecule has 0 bridgehead atoms. The van der Waals surface area contributed by atoms with Crippen LogP contribution in [0.3, 0.4) is 0 Å². The summed E-state index contributed by atoms with van der Waals surface area (Å²) in [6.45, 7) is 3.65. The second-order valence-corrected chi connectivity index (χ2v) is 4.67. The van der Waals surface area contributed by atoms with E-state index in [1.807, 2.05) is 13.8 Å². The molecule has 1 aromatic carbocycles. The van der Waals surface area contributed by atoms with Crippen molar-refractivity contribution in [2.24, 2.45) is 0 Å². The maximum atomic E-state index is 13.5. The van der Waals surface area contributed by atoms with E-state index in [0.29, 0.717) is 0 Å². The van der Waals surface area contributed by atoms with E-state index in [1.54, 1.807) is 0 Å². The second-order valence-electron chi connectivity index (χ2n) is 4.67. The van der Waals surface area contributed by atoms with Crippen LogP contribution in [-0.4, -0.2) is 21.9 Å². The molecule has 2 aromatic rings. The van der Waals surface area contributed by atoms with Crippen LogP contribution in [0.5, 0.6) is 0 Å². The normalized spacial score (nSPS) is 10.5. The fourth-order valence-electron chi connectivity index (χ4n) is 1.61. The third-order valence-electron chi connectivity index (χ3n) is 2.51. The lowest BCUT2D eigenvalue weighted by molar-refractivity contribution is 0.0938. The van der Waals surface area contributed by atoms with E-state index in [2.05, 4.69) is 20.6 Å². The Morgan fingerprint density at radius 1 is 1.19 bits per heavy atom. The molecule has 1 heterocycles. The first-order valence-corrected chi connectivity index (χ1v) is 6.30. The molecule has 0 aliphatic rings. The van der Waals surface area contributed by atoms with Gasteiger partial charge in [-0.15, -0.1) is 0 Å². The molecular formula is C14H14F2N4O. The zero-order chi connectivity index (χ0) is 15.4. The molecule has 0 fully saturated rings. The highest BCUT2D eigenvalue weighted by Gasteiger charge is 2.11. The predicted octanol–water partition coefficient (Wildman–Crippen LogP) is 2.64. The van der Waals surface area contributed by atoms with Crippen molar-refractivity contribution in [3.63, 3.8) is 0 Å². The quantitative estimate of drug-likeness (QED) is 0.909. The molecule has 0 aliphatic carbocycles. The van der Waals surface area contributed by atoms with Crippen LogP contribution >= 0.6 is 0 Å². The van der Waals surface area contributed by atoms with E-state index in [-0.39, 0.29) is 29.1 Å². The van der Waals surface area contributed by atoms with Crippen LogP contribution in [-0.2, 0) is 0 Å². The monoisotopic (exact) mass is 292 g/mol. The highest BCUT2D eigenvalue weighted by Crippen LogP contribution is 2.19. The number of aromatic nitrogens is 2. The zero-order valence-electron chi connectivity index (χ0n) is 11.5. The molecule has 110 valence electrons. The minimum atomic E-state index is -0.748. The molecule has 2 rings (SSSR count). The summed E-state index contributed by atoms with van der Waals surface area (Å²) in [6.07, 6.45) is 1.19. The number of hydrogen-bond acceptors (Lipinski definition) is 4. The molecule has 2 N–H and O–H groups in total. The van der Waals surface area contributed by atoms with Crippen molar-refractivity contribution < 1.29 is 13.6 Å². The summed E-state index contributed by atoms with van der Waals surface area (Å²) in [6, 6.07) is 4.49. The Balaban J connectivity index is 2.19. The van der Waals surface area contributed by atoms with E-state index >= 15 is 0 Å². The smallest absolute Gasteiger partial charge is 0.270 e. The SMILES string of the molecule is CC(C)NC(=O)c1cc(Nc2ccc(F)cc2F)ncn1. The van der Waals surface area contributed by atoms with Crippen molar-refractivity contribution in [3.05, 3.63) is 47.9 Å². The first kappa shape index (κ1) is 14.8. The fraction of sp³-hybridized carbons (Fsp3) is 0.214. The van der Waals surface area contributed by atoms with Crippen LogP contribution in [0.25, 0.3) is 0 Å². The van der Waals surface area contributed by atoms with Crippen LogP contribution in [0.1, 0.15) is 24.3 Å². The number of nitrogens with zero attached hydrogens (tertiary/aromatic N) is 2.